The van der Waals surface area contributed by atoms with Gasteiger partial charge in [-0.05, 0) is 22.4 Å². The lowest BCUT2D eigenvalue weighted by Gasteiger charge is -2.37. The number of thiophene rings is 1. The molecule has 1 aromatic carbocycles. The summed E-state index contributed by atoms with van der Waals surface area (Å²) in [6, 6.07) is 4.26. The van der Waals surface area contributed by atoms with E-state index in [0.717, 1.165) is 36.7 Å². The van der Waals surface area contributed by atoms with Crippen LogP contribution >= 0.6 is 11.3 Å². The zero-order valence-electron chi connectivity index (χ0n) is 17.4. The molecule has 0 amide bonds. The van der Waals surface area contributed by atoms with E-state index in [1.54, 1.807) is 16.3 Å². The molecule has 5 heterocycles. The third-order valence-electron chi connectivity index (χ3n) is 5.81. The van der Waals surface area contributed by atoms with Gasteiger partial charge in [0.2, 0.25) is 11.9 Å². The van der Waals surface area contributed by atoms with Gasteiger partial charge in [-0.15, -0.1) is 0 Å². The molecule has 3 aromatic rings. The Morgan fingerprint density at radius 1 is 1.21 bits per heavy atom. The maximum Gasteiger partial charge on any atom is 0.224 e. The van der Waals surface area contributed by atoms with Gasteiger partial charge in [0.1, 0.15) is 12.4 Å². The number of imidazole rings is 1. The molecule has 3 aliphatic rings. The monoisotopic (exact) mass is 470 g/mol. The zero-order valence-corrected chi connectivity index (χ0v) is 18.2. The number of aromatic nitrogens is 2. The van der Waals surface area contributed by atoms with E-state index in [9.17, 15) is 8.78 Å². The Morgan fingerprint density at radius 2 is 2.06 bits per heavy atom. The van der Waals surface area contributed by atoms with Crippen LogP contribution < -0.4 is 5.32 Å². The first-order chi connectivity index (χ1) is 16.2. The highest BCUT2D eigenvalue weighted by molar-refractivity contribution is 7.08. The fourth-order valence-corrected chi connectivity index (χ4v) is 4.83. The Kier molecular flexibility index (Phi) is 5.03. The Morgan fingerprint density at radius 3 is 2.88 bits per heavy atom. The van der Waals surface area contributed by atoms with Crippen molar-refractivity contribution in [3.8, 4) is 0 Å². The molecule has 3 aliphatic heterocycles. The predicted octanol–water partition coefficient (Wildman–Crippen LogP) is 2.46. The minimum absolute atomic E-state index is 0.0109. The fourth-order valence-electron chi connectivity index (χ4n) is 4.12. The molecule has 2 unspecified atom stereocenters. The van der Waals surface area contributed by atoms with Gasteiger partial charge in [0, 0.05) is 31.4 Å². The van der Waals surface area contributed by atoms with Gasteiger partial charge < -0.3 is 14.6 Å². The molecule has 12 heteroatoms. The summed E-state index contributed by atoms with van der Waals surface area (Å²) in [5.41, 5.74) is 1.93. The van der Waals surface area contributed by atoms with Gasteiger partial charge >= 0.3 is 0 Å². The Labute approximate surface area is 191 Å². The minimum Gasteiger partial charge on any atom is -0.378 e. The molecule has 0 bridgehead atoms. The van der Waals surface area contributed by atoms with Crippen LogP contribution in [0.2, 0.25) is 0 Å². The van der Waals surface area contributed by atoms with E-state index in [-0.39, 0.29) is 18.6 Å². The second-order valence-electron chi connectivity index (χ2n) is 7.89. The molecule has 0 aliphatic carbocycles. The van der Waals surface area contributed by atoms with Gasteiger partial charge in [0.25, 0.3) is 0 Å². The second kappa shape index (κ2) is 8.19. The van der Waals surface area contributed by atoms with Gasteiger partial charge in [0.15, 0.2) is 17.8 Å². The fraction of sp³-hybridized carbons (Fsp3) is 0.333. The zero-order chi connectivity index (χ0) is 22.4. The topological polar surface area (TPSA) is 93.5 Å². The number of hydrogen-bond donors (Lipinski definition) is 2. The van der Waals surface area contributed by atoms with Crippen LogP contribution in [0, 0.1) is 11.6 Å². The van der Waals surface area contributed by atoms with Crippen LogP contribution in [0.3, 0.4) is 0 Å². The Balaban J connectivity index is 1.31. The van der Waals surface area contributed by atoms with E-state index in [4.69, 9.17) is 14.7 Å². The van der Waals surface area contributed by atoms with E-state index in [0.29, 0.717) is 36.0 Å². The summed E-state index contributed by atoms with van der Waals surface area (Å²) < 4.78 is 32.6. The van der Waals surface area contributed by atoms with Crippen molar-refractivity contribution in [2.75, 3.05) is 26.3 Å². The first-order valence-electron chi connectivity index (χ1n) is 10.6. The number of H-pyrrole nitrogens is 1. The number of fused-ring (bicyclic) bond motifs is 2. The summed E-state index contributed by atoms with van der Waals surface area (Å²) in [6.45, 7) is 2.92. The van der Waals surface area contributed by atoms with E-state index in [1.165, 1.54) is 0 Å². The van der Waals surface area contributed by atoms with Gasteiger partial charge in [-0.25, -0.2) is 28.8 Å². The van der Waals surface area contributed by atoms with Crippen molar-refractivity contribution in [1.29, 1.82) is 0 Å². The van der Waals surface area contributed by atoms with Crippen molar-refractivity contribution in [2.24, 2.45) is 15.1 Å². The minimum atomic E-state index is -0.930. The van der Waals surface area contributed by atoms with E-state index in [2.05, 4.69) is 36.7 Å². The normalized spacial score (nSPS) is 23.8. The number of nitrogens with zero attached hydrogens (tertiary/aromatic N) is 6. The number of benzene rings is 1. The molecule has 33 heavy (non-hydrogen) atoms. The average Bonchev–Trinajstić information content (AvgIpc) is 3.58. The molecule has 0 spiro atoms. The number of hydrogen-bond acceptors (Lipinski definition) is 7. The Hall–Kier alpha value is -3.38. The van der Waals surface area contributed by atoms with Crippen LogP contribution in [-0.2, 0) is 11.3 Å². The number of hydrazone groups is 1. The van der Waals surface area contributed by atoms with Gasteiger partial charge in [-0.3, -0.25) is 5.32 Å². The molecule has 2 aromatic heterocycles. The third kappa shape index (κ3) is 3.74. The molecule has 2 N–H and O–H groups in total. The molecule has 9 nitrogen and oxygen atoms in total. The van der Waals surface area contributed by atoms with Gasteiger partial charge in [-0.1, -0.05) is 0 Å². The number of halogens is 2. The van der Waals surface area contributed by atoms with Crippen LogP contribution in [0.1, 0.15) is 17.3 Å². The van der Waals surface area contributed by atoms with Crippen LogP contribution in [-0.4, -0.2) is 70.5 Å². The highest BCUT2D eigenvalue weighted by atomic mass is 32.1. The second-order valence-corrected chi connectivity index (χ2v) is 8.67. The number of morpholine rings is 1. The summed E-state index contributed by atoms with van der Waals surface area (Å²) in [6.07, 6.45) is 1.64. The standard InChI is InChI=1S/C21H20F2N8OS/c22-14-7-16-17(8-15(14)23)27-18(26-16)10-24-20-29-21(30-2-4-32-5-3-30)28-19-13(9-25-31(19)20)12-1-6-33-11-12/h1,6-9,11,13,19H,2-5,10H2,(H,26,27)(H,24,28,29). The average molecular weight is 471 g/mol. The lowest BCUT2D eigenvalue weighted by Crippen LogP contribution is -2.57. The summed E-state index contributed by atoms with van der Waals surface area (Å²) in [7, 11) is 0. The maximum absolute atomic E-state index is 13.5. The number of rotatable bonds is 3. The number of aliphatic imine (C=N–C) groups is 2. The molecule has 1 fully saturated rings. The van der Waals surface area contributed by atoms with Gasteiger partial charge in [0.05, 0.1) is 30.2 Å². The van der Waals surface area contributed by atoms with Crippen molar-refractivity contribution >= 4 is 40.5 Å². The lowest BCUT2D eigenvalue weighted by molar-refractivity contribution is 0.0660. The largest absolute Gasteiger partial charge is 0.378 e. The third-order valence-corrected chi connectivity index (χ3v) is 6.51. The number of ether oxygens (including phenoxy) is 1. The van der Waals surface area contributed by atoms with Gasteiger partial charge in [-0.2, -0.15) is 16.4 Å². The molecule has 6 rings (SSSR count). The number of aromatic amines is 1. The van der Waals surface area contributed by atoms with Crippen molar-refractivity contribution < 1.29 is 13.5 Å². The number of guanidine groups is 2. The molecule has 1 saturated heterocycles. The van der Waals surface area contributed by atoms with E-state index in [1.807, 2.05) is 11.6 Å². The van der Waals surface area contributed by atoms with Crippen LogP contribution in [0.4, 0.5) is 8.78 Å². The lowest BCUT2D eigenvalue weighted by atomic mass is 10.0. The molecule has 0 radical (unpaired) electrons. The molecular formula is C21H20F2N8OS. The van der Waals surface area contributed by atoms with Crippen LogP contribution in [0.25, 0.3) is 11.0 Å². The van der Waals surface area contributed by atoms with E-state index >= 15 is 0 Å². The smallest absolute Gasteiger partial charge is 0.224 e. The first kappa shape index (κ1) is 20.2. The first-order valence-corrected chi connectivity index (χ1v) is 11.5. The summed E-state index contributed by atoms with van der Waals surface area (Å²) >= 11 is 1.64. The van der Waals surface area contributed by atoms with Crippen molar-refractivity contribution in [2.45, 2.75) is 18.6 Å². The summed E-state index contributed by atoms with van der Waals surface area (Å²) in [5.74, 6) is -0.0643. The highest BCUT2D eigenvalue weighted by Gasteiger charge is 2.39. The van der Waals surface area contributed by atoms with Crippen LogP contribution in [0.15, 0.2) is 44.0 Å². The summed E-state index contributed by atoms with van der Waals surface area (Å²) in [5, 5.41) is 13.8. The Bertz CT molecular complexity index is 1230. The SMILES string of the molecule is Fc1cc2nc(CN=C3NC(N4CCOCC4)=NC4C(c5ccsc5)C=NN34)[nH]c2cc1F. The van der Waals surface area contributed by atoms with Crippen molar-refractivity contribution in [3.63, 3.8) is 0 Å². The quantitative estimate of drug-likeness (QED) is 0.614. The molecule has 170 valence electrons. The van der Waals surface area contributed by atoms with E-state index < -0.39 is 11.6 Å². The van der Waals surface area contributed by atoms with Crippen molar-refractivity contribution in [1.82, 2.24) is 25.2 Å². The van der Waals surface area contributed by atoms with Crippen molar-refractivity contribution in [3.05, 3.63) is 52.0 Å². The molecule has 2 atom stereocenters. The molecular weight excluding hydrogens is 450 g/mol. The predicted molar refractivity (Wildman–Crippen MR) is 121 cm³/mol. The molecule has 0 saturated carbocycles. The maximum atomic E-state index is 13.5. The summed E-state index contributed by atoms with van der Waals surface area (Å²) in [4.78, 5) is 19.1. The highest BCUT2D eigenvalue weighted by Crippen LogP contribution is 2.31. The number of nitrogens with one attached hydrogen (secondary N) is 2. The van der Waals surface area contributed by atoms with Crippen LogP contribution in [0.5, 0.6) is 0 Å².